The summed E-state index contributed by atoms with van der Waals surface area (Å²) < 4.78 is 33.6. The first-order valence-electron chi connectivity index (χ1n) is 48.0. The molecule has 2 bridgehead atoms. The van der Waals surface area contributed by atoms with E-state index in [1.165, 1.54) is 59.1 Å². The summed E-state index contributed by atoms with van der Waals surface area (Å²) in [6.45, 7) is 69.9. The van der Waals surface area contributed by atoms with E-state index in [4.69, 9.17) is 28.4 Å². The van der Waals surface area contributed by atoms with Crippen molar-refractivity contribution in [1.29, 1.82) is 0 Å². The first-order chi connectivity index (χ1) is 62.3. The molecule has 0 spiro atoms. The predicted molar refractivity (Wildman–Crippen MR) is 527 cm³/mol. The normalized spacial score (nSPS) is 17.4. The molecule has 7 aromatic rings. The molecule has 0 aliphatic carbocycles. The van der Waals surface area contributed by atoms with Gasteiger partial charge in [0.25, 0.3) is 0 Å². The zero-order chi connectivity index (χ0) is 94.1. The van der Waals surface area contributed by atoms with Crippen LogP contribution in [-0.4, -0.2) is 243 Å². The molecule has 130 heavy (non-hydrogen) atoms. The molecule has 2 atom stereocenters. The summed E-state index contributed by atoms with van der Waals surface area (Å²) in [6.07, 6.45) is 15.6. The fraction of sp³-hybridized carbons (Fsp3) is 0.577. The molecule has 8 aliphatic heterocycles. The number of ether oxygens (including phenoxy) is 6. The van der Waals surface area contributed by atoms with Gasteiger partial charge in [-0.15, -0.1) is 0 Å². The van der Waals surface area contributed by atoms with Gasteiger partial charge in [0, 0.05) is 174 Å². The van der Waals surface area contributed by atoms with Gasteiger partial charge >= 0.3 is 0 Å². The van der Waals surface area contributed by atoms with Crippen molar-refractivity contribution < 1.29 is 42.8 Å². The Morgan fingerprint density at radius 2 is 0.723 bits per heavy atom. The number of morpholine rings is 2. The van der Waals surface area contributed by atoms with E-state index in [0.717, 1.165) is 211 Å². The van der Waals surface area contributed by atoms with Gasteiger partial charge in [0.15, 0.2) is 0 Å². The molecule has 3 aromatic carbocycles. The molecule has 4 aromatic heterocycles. The Balaban J connectivity index is 0.000000171. The number of nitrogens with zero attached hydrogens (tertiary/aromatic N) is 13. The zero-order valence-corrected chi connectivity index (χ0v) is 82.1. The minimum Gasteiger partial charge on any atom is -0.494 e. The lowest BCUT2D eigenvalue weighted by molar-refractivity contribution is -0.132. The second-order valence-corrected chi connectivity index (χ2v) is 37.1. The third kappa shape index (κ3) is 31.4. The fourth-order valence-electron chi connectivity index (χ4n) is 16.7. The van der Waals surface area contributed by atoms with E-state index in [2.05, 4.69) is 254 Å². The Hall–Kier alpha value is -10.4. The summed E-state index contributed by atoms with van der Waals surface area (Å²) >= 11 is 0. The maximum Gasteiger partial charge on any atom is 0.219 e. The Morgan fingerprint density at radius 1 is 0.369 bits per heavy atom. The number of fused-ring (bicyclic) bond motifs is 2. The van der Waals surface area contributed by atoms with Gasteiger partial charge in [0.2, 0.25) is 17.7 Å². The molecule has 8 fully saturated rings. The fourth-order valence-corrected chi connectivity index (χ4v) is 16.7. The Labute approximate surface area is 777 Å². The molecule has 8 aliphatic rings. The molecule has 26 heteroatoms. The molecule has 3 amide bonds. The van der Waals surface area contributed by atoms with E-state index in [1.54, 1.807) is 39.8 Å². The molecule has 26 nitrogen and oxygen atoms in total. The van der Waals surface area contributed by atoms with E-state index < -0.39 is 0 Å². The van der Waals surface area contributed by atoms with Crippen LogP contribution in [0.15, 0.2) is 130 Å². The maximum atomic E-state index is 11.3. The number of hydrogen-bond acceptors (Lipinski definition) is 23. The van der Waals surface area contributed by atoms with Crippen molar-refractivity contribution in [2.45, 2.75) is 268 Å². The molecule has 12 heterocycles. The zero-order valence-electron chi connectivity index (χ0n) is 82.1. The highest BCUT2D eigenvalue weighted by atomic mass is 16.5. The summed E-state index contributed by atoms with van der Waals surface area (Å²) in [5.41, 5.74) is 15.1. The van der Waals surface area contributed by atoms with Gasteiger partial charge in [-0.25, -0.2) is 34.9 Å². The summed E-state index contributed by atoms with van der Waals surface area (Å²) in [6, 6.07) is 32.2. The molecule has 2 unspecified atom stereocenters. The van der Waals surface area contributed by atoms with E-state index >= 15 is 0 Å². The maximum absolute atomic E-state index is 11.3. The third-order valence-corrected chi connectivity index (χ3v) is 24.8. The molecule has 8 saturated heterocycles. The lowest BCUT2D eigenvalue weighted by atomic mass is 9.98. The van der Waals surface area contributed by atoms with E-state index in [9.17, 15) is 14.4 Å². The topological polar surface area (TPSA) is 264 Å². The minimum atomic E-state index is 0.133. The van der Waals surface area contributed by atoms with Gasteiger partial charge in [-0.05, 0) is 166 Å². The van der Waals surface area contributed by atoms with Gasteiger partial charge < -0.3 is 79.1 Å². The van der Waals surface area contributed by atoms with Gasteiger partial charge in [0.05, 0.1) is 83.6 Å². The van der Waals surface area contributed by atoms with Crippen LogP contribution in [0.25, 0.3) is 17.1 Å². The van der Waals surface area contributed by atoms with Gasteiger partial charge in [-0.1, -0.05) is 153 Å². The van der Waals surface area contributed by atoms with Crippen LogP contribution in [-0.2, 0) is 28.6 Å². The van der Waals surface area contributed by atoms with Crippen molar-refractivity contribution in [2.75, 3.05) is 146 Å². The second-order valence-electron chi connectivity index (χ2n) is 37.1. The van der Waals surface area contributed by atoms with Crippen LogP contribution in [0, 0.1) is 0 Å². The molecule has 0 radical (unpaired) electrons. The minimum absolute atomic E-state index is 0.133. The van der Waals surface area contributed by atoms with Crippen LogP contribution >= 0.6 is 0 Å². The second kappa shape index (κ2) is 52.0. The number of pyridine rings is 1. The highest BCUT2D eigenvalue weighted by Gasteiger charge is 2.39. The van der Waals surface area contributed by atoms with Crippen molar-refractivity contribution >= 4 is 58.1 Å². The first-order valence-corrected chi connectivity index (χ1v) is 48.0. The highest BCUT2D eigenvalue weighted by Crippen LogP contribution is 2.39. The number of likely N-dealkylation sites (tertiary alicyclic amines) is 4. The number of amides is 3. The van der Waals surface area contributed by atoms with Gasteiger partial charge in [-0.3, -0.25) is 14.4 Å². The van der Waals surface area contributed by atoms with Gasteiger partial charge in [-0.2, -0.15) is 0 Å². The average Bonchev–Trinajstić information content (AvgIpc) is 1.45. The van der Waals surface area contributed by atoms with Crippen LogP contribution < -0.4 is 35.5 Å². The van der Waals surface area contributed by atoms with E-state index in [1.807, 2.05) is 59.9 Å². The Kier molecular flexibility index (Phi) is 41.3. The number of carbonyl (C=O) groups is 3. The van der Waals surface area contributed by atoms with Crippen molar-refractivity contribution in [2.24, 2.45) is 0 Å². The molecule has 15 rings (SSSR count). The van der Waals surface area contributed by atoms with Crippen LogP contribution in [0.2, 0.25) is 0 Å². The SMILES string of the molecule is C=C(c1ccc(C(C)C)c(OCC)c1)N1C2CCC1COC2.C=C(c1ccc(C(C)C)c(OCC)c1)N1CCCC1.C=C(c1ccc(C(C)C)c(OCC)c1)N1CCOCC1.CC(=O)N1CC(Nc2cc(C(C)C)ncn2)C1.CC(=O)N1CCC(Nc2cc(C(C)C)ccn2)CC1.CC(=O)N1CCC(Nc2cc(C(C)C)ncn2)CC1.CC(C)c1cc(NC2COC2)ncn1. The highest BCUT2D eigenvalue weighted by molar-refractivity contribution is 5.75. The summed E-state index contributed by atoms with van der Waals surface area (Å²) in [5.74, 6) is 10.2. The predicted octanol–water partition coefficient (Wildman–Crippen LogP) is 19.1. The van der Waals surface area contributed by atoms with E-state index in [0.29, 0.717) is 97.5 Å². The number of nitrogens with one attached hydrogen (secondary N) is 4. The van der Waals surface area contributed by atoms with Crippen LogP contribution in [0.4, 0.5) is 23.3 Å². The van der Waals surface area contributed by atoms with Crippen molar-refractivity contribution in [3.63, 3.8) is 0 Å². The standard InChI is InChI=1S/C19H27NO2.C17H25NO2.C17H25NO.C15H23N3O.C14H22N4O.C12H18N4O.C10H15N3O/c1-5-22-19-10-15(6-9-18(19)13(2)3)14(4)20-16-7-8-17(20)12-21-11-16;1-5-20-17-12-15(6-7-16(17)13(2)3)14(4)18-8-10-19-11-9-18;1-5-19-17-12-15(8-9-16(17)13(2)3)14(4)18-10-6-7-11-18;1-11(2)13-4-7-16-15(10-13)17-14-5-8-18(9-6-14)12(3)19;1-10(2)13-8-14(16-9-15-13)17-12-4-6-18(7-5-12)11(3)19;1-8(2)11-4-12(14-7-13-11)15-10-5-16(6-10)9(3)17;1-7(2)9-3-10(12-6-11-9)13-8-4-14-5-8/h6,9-10,13,16-17H,4-5,7-8,11-12H2,1-3H3;6-7,12-13H,4-5,8-11H2,1-3H3;8-9,12-13H,4-7,10-11H2,1-3H3;4,7,10-11,14H,5-6,8-9H2,1-3H3,(H,16,17);8-10,12H,4-7H2,1-3H3,(H,15,16,17);4,7-8,10H,5-6H2,1-3H3,(H,13,14,15);3,6-8H,4-5H2,1-2H3,(H,11,12,13). The number of carbonyl (C=O) groups excluding carboxylic acids is 3. The van der Waals surface area contributed by atoms with E-state index in [-0.39, 0.29) is 17.7 Å². The number of rotatable bonds is 27. The quantitative estimate of drug-likeness (QED) is 0.0373. The number of piperidine rings is 2. The monoisotopic (exact) mass is 1790 g/mol. The summed E-state index contributed by atoms with van der Waals surface area (Å²) in [4.78, 5) is 76.0. The van der Waals surface area contributed by atoms with Crippen molar-refractivity contribution in [3.05, 3.63) is 186 Å². The van der Waals surface area contributed by atoms with Crippen LogP contribution in [0.1, 0.15) is 287 Å². The molecule has 0 saturated carbocycles. The third-order valence-electron chi connectivity index (χ3n) is 24.8. The number of hydrogen-bond donors (Lipinski definition) is 4. The van der Waals surface area contributed by atoms with Crippen molar-refractivity contribution in [1.82, 2.24) is 64.3 Å². The van der Waals surface area contributed by atoms with Crippen LogP contribution in [0.3, 0.4) is 0 Å². The number of aromatic nitrogens is 7. The summed E-state index contributed by atoms with van der Waals surface area (Å²) in [5, 5.41) is 13.5. The first kappa shape index (κ1) is 103. The largest absolute Gasteiger partial charge is 0.494 e. The van der Waals surface area contributed by atoms with Gasteiger partial charge in [0.1, 0.15) is 59.5 Å². The lowest BCUT2D eigenvalue weighted by Crippen LogP contribution is -2.56. The number of benzene rings is 3. The number of anilines is 4. The Morgan fingerprint density at radius 3 is 1.07 bits per heavy atom. The lowest BCUT2D eigenvalue weighted by Gasteiger charge is -2.39. The summed E-state index contributed by atoms with van der Waals surface area (Å²) in [7, 11) is 0. The molecular weight excluding hydrogens is 1630 g/mol. The van der Waals surface area contributed by atoms with Crippen molar-refractivity contribution in [3.8, 4) is 17.2 Å². The molecule has 4 N–H and O–H groups in total. The average molecular weight is 1790 g/mol. The Bertz CT molecular complexity index is 4590. The molecular formula is C104H155N17O9. The molecule has 710 valence electrons. The smallest absolute Gasteiger partial charge is 0.219 e. The van der Waals surface area contributed by atoms with Crippen LogP contribution in [0.5, 0.6) is 17.2 Å².